The lowest BCUT2D eigenvalue weighted by molar-refractivity contribution is -0.123. The molecule has 0 bridgehead atoms. The van der Waals surface area contributed by atoms with E-state index in [1.54, 1.807) is 0 Å². The van der Waals surface area contributed by atoms with E-state index in [1.165, 1.54) is 12.8 Å². The van der Waals surface area contributed by atoms with Gasteiger partial charge >= 0.3 is 0 Å². The molecule has 1 aliphatic rings. The maximum absolute atomic E-state index is 11.8. The molecule has 0 radical (unpaired) electrons. The van der Waals surface area contributed by atoms with Crippen molar-refractivity contribution >= 4 is 5.78 Å². The third-order valence-electron chi connectivity index (χ3n) is 3.12. The van der Waals surface area contributed by atoms with Gasteiger partial charge in [-0.2, -0.15) is 0 Å². The molecule has 1 fully saturated rings. The van der Waals surface area contributed by atoms with Crippen LogP contribution in [0.2, 0.25) is 0 Å². The van der Waals surface area contributed by atoms with Crippen molar-refractivity contribution in [3.05, 3.63) is 0 Å². The van der Waals surface area contributed by atoms with E-state index < -0.39 is 0 Å². The quantitative estimate of drug-likeness (QED) is 0.686. The van der Waals surface area contributed by atoms with Crippen LogP contribution in [0.3, 0.4) is 0 Å². The van der Waals surface area contributed by atoms with E-state index in [2.05, 4.69) is 19.2 Å². The summed E-state index contributed by atoms with van der Waals surface area (Å²) in [7, 11) is 0. The lowest BCUT2D eigenvalue weighted by Gasteiger charge is -2.25. The number of carbonyl (C=O) groups excluding carboxylic acids is 1. The first-order chi connectivity index (χ1) is 6.74. The Morgan fingerprint density at radius 3 is 2.86 bits per heavy atom. The average Bonchev–Trinajstić information content (AvgIpc) is 2.18. The maximum Gasteiger partial charge on any atom is 0.149 e. The second kappa shape index (κ2) is 6.18. The van der Waals surface area contributed by atoms with Crippen LogP contribution in [0.25, 0.3) is 0 Å². The summed E-state index contributed by atoms with van der Waals surface area (Å²) in [5.41, 5.74) is 0. The first kappa shape index (κ1) is 11.7. The molecule has 0 aliphatic heterocycles. The van der Waals surface area contributed by atoms with E-state index in [1.807, 2.05) is 0 Å². The van der Waals surface area contributed by atoms with E-state index in [-0.39, 0.29) is 0 Å². The maximum atomic E-state index is 11.8. The van der Waals surface area contributed by atoms with Crippen molar-refractivity contribution in [3.8, 4) is 0 Å². The molecule has 2 heteroatoms. The Balaban J connectivity index is 2.22. The Labute approximate surface area is 87.5 Å². The summed E-state index contributed by atoms with van der Waals surface area (Å²) in [6.45, 7) is 5.94. The van der Waals surface area contributed by atoms with Crippen molar-refractivity contribution < 1.29 is 4.79 Å². The molecular weight excluding hydrogens is 174 g/mol. The Morgan fingerprint density at radius 2 is 2.21 bits per heavy atom. The van der Waals surface area contributed by atoms with Gasteiger partial charge in [0, 0.05) is 5.92 Å². The number of rotatable bonds is 5. The van der Waals surface area contributed by atoms with Gasteiger partial charge in [-0.1, -0.05) is 26.7 Å². The normalized spacial score (nSPS) is 27.6. The Bertz CT molecular complexity index is 179. The van der Waals surface area contributed by atoms with E-state index in [0.29, 0.717) is 18.2 Å². The van der Waals surface area contributed by atoms with Crippen LogP contribution in [0.15, 0.2) is 0 Å². The SMILES string of the molecule is CCCNCC(=O)C1CCCC(C)C1. The Hall–Kier alpha value is -0.370. The molecule has 1 aliphatic carbocycles. The van der Waals surface area contributed by atoms with Gasteiger partial charge in [0.15, 0.2) is 0 Å². The van der Waals surface area contributed by atoms with Crippen LogP contribution in [-0.4, -0.2) is 18.9 Å². The zero-order valence-electron chi connectivity index (χ0n) is 9.51. The van der Waals surface area contributed by atoms with Crippen LogP contribution < -0.4 is 5.32 Å². The van der Waals surface area contributed by atoms with E-state index in [4.69, 9.17) is 0 Å². The molecule has 14 heavy (non-hydrogen) atoms. The van der Waals surface area contributed by atoms with Crippen molar-refractivity contribution in [1.82, 2.24) is 5.32 Å². The number of hydrogen-bond acceptors (Lipinski definition) is 2. The molecule has 0 spiro atoms. The van der Waals surface area contributed by atoms with Crippen molar-refractivity contribution in [2.75, 3.05) is 13.1 Å². The standard InChI is InChI=1S/C12H23NO/c1-3-7-13-9-12(14)11-6-4-5-10(2)8-11/h10-11,13H,3-9H2,1-2H3. The van der Waals surface area contributed by atoms with Gasteiger partial charge < -0.3 is 5.32 Å². The summed E-state index contributed by atoms with van der Waals surface area (Å²) in [5, 5.41) is 3.20. The lowest BCUT2D eigenvalue weighted by Crippen LogP contribution is -2.31. The van der Waals surface area contributed by atoms with E-state index in [9.17, 15) is 4.79 Å². The summed E-state index contributed by atoms with van der Waals surface area (Å²) in [5.74, 6) is 1.54. The average molecular weight is 197 g/mol. The smallest absolute Gasteiger partial charge is 0.149 e. The molecule has 0 amide bonds. The predicted octanol–water partition coefficient (Wildman–Crippen LogP) is 2.38. The summed E-state index contributed by atoms with van der Waals surface area (Å²) in [4.78, 5) is 11.8. The topological polar surface area (TPSA) is 29.1 Å². The van der Waals surface area contributed by atoms with Crippen LogP contribution in [0, 0.1) is 11.8 Å². The van der Waals surface area contributed by atoms with Gasteiger partial charge in [-0.15, -0.1) is 0 Å². The fraction of sp³-hybridized carbons (Fsp3) is 0.917. The van der Waals surface area contributed by atoms with Crippen molar-refractivity contribution in [1.29, 1.82) is 0 Å². The van der Waals surface area contributed by atoms with Crippen LogP contribution in [0.5, 0.6) is 0 Å². The zero-order chi connectivity index (χ0) is 10.4. The monoisotopic (exact) mass is 197 g/mol. The Kier molecular flexibility index (Phi) is 5.16. The second-order valence-corrected chi connectivity index (χ2v) is 4.61. The predicted molar refractivity (Wildman–Crippen MR) is 59.3 cm³/mol. The number of hydrogen-bond donors (Lipinski definition) is 1. The van der Waals surface area contributed by atoms with E-state index >= 15 is 0 Å². The number of Topliss-reactive ketones (excluding diaryl/α,β-unsaturated/α-hetero) is 1. The largest absolute Gasteiger partial charge is 0.310 e. The van der Waals surface area contributed by atoms with Crippen molar-refractivity contribution in [2.24, 2.45) is 11.8 Å². The van der Waals surface area contributed by atoms with Crippen LogP contribution in [-0.2, 0) is 4.79 Å². The van der Waals surface area contributed by atoms with Gasteiger partial charge in [0.05, 0.1) is 6.54 Å². The minimum atomic E-state index is 0.350. The van der Waals surface area contributed by atoms with Gasteiger partial charge in [-0.05, 0) is 31.7 Å². The molecule has 0 aromatic heterocycles. The van der Waals surface area contributed by atoms with Gasteiger partial charge in [-0.3, -0.25) is 4.79 Å². The number of carbonyl (C=O) groups is 1. The number of ketones is 1. The highest BCUT2D eigenvalue weighted by Gasteiger charge is 2.24. The second-order valence-electron chi connectivity index (χ2n) is 4.61. The highest BCUT2D eigenvalue weighted by molar-refractivity contribution is 5.83. The molecule has 1 N–H and O–H groups in total. The highest BCUT2D eigenvalue weighted by Crippen LogP contribution is 2.28. The molecule has 1 saturated carbocycles. The molecule has 0 aromatic rings. The summed E-state index contributed by atoms with van der Waals surface area (Å²) in [6.07, 6.45) is 5.90. The Morgan fingerprint density at radius 1 is 1.43 bits per heavy atom. The van der Waals surface area contributed by atoms with Gasteiger partial charge in [0.1, 0.15) is 5.78 Å². The molecule has 82 valence electrons. The van der Waals surface area contributed by atoms with Crippen LogP contribution in [0.1, 0.15) is 46.0 Å². The summed E-state index contributed by atoms with van der Waals surface area (Å²) < 4.78 is 0. The molecule has 0 heterocycles. The first-order valence-electron chi connectivity index (χ1n) is 5.97. The lowest BCUT2D eigenvalue weighted by atomic mass is 9.80. The zero-order valence-corrected chi connectivity index (χ0v) is 9.51. The van der Waals surface area contributed by atoms with Gasteiger partial charge in [0.25, 0.3) is 0 Å². The summed E-state index contributed by atoms with van der Waals surface area (Å²) in [6, 6.07) is 0. The highest BCUT2D eigenvalue weighted by atomic mass is 16.1. The third kappa shape index (κ3) is 3.79. The number of nitrogens with one attached hydrogen (secondary N) is 1. The minimum Gasteiger partial charge on any atom is -0.310 e. The molecule has 2 nitrogen and oxygen atoms in total. The molecule has 0 saturated heterocycles. The molecule has 2 unspecified atom stereocenters. The summed E-state index contributed by atoms with van der Waals surface area (Å²) >= 11 is 0. The van der Waals surface area contributed by atoms with Crippen LogP contribution >= 0.6 is 0 Å². The third-order valence-corrected chi connectivity index (χ3v) is 3.12. The van der Waals surface area contributed by atoms with Crippen molar-refractivity contribution in [3.63, 3.8) is 0 Å². The molecule has 1 rings (SSSR count). The molecule has 0 aromatic carbocycles. The molecule has 2 atom stereocenters. The van der Waals surface area contributed by atoms with Gasteiger partial charge in [-0.25, -0.2) is 0 Å². The minimum absolute atomic E-state index is 0.350. The van der Waals surface area contributed by atoms with Crippen LogP contribution in [0.4, 0.5) is 0 Å². The fourth-order valence-electron chi connectivity index (χ4n) is 2.26. The van der Waals surface area contributed by atoms with E-state index in [0.717, 1.165) is 31.7 Å². The fourth-order valence-corrected chi connectivity index (χ4v) is 2.26. The molecular formula is C12H23NO. The van der Waals surface area contributed by atoms with Crippen molar-refractivity contribution in [2.45, 2.75) is 46.0 Å². The first-order valence-corrected chi connectivity index (χ1v) is 5.97. The van der Waals surface area contributed by atoms with Gasteiger partial charge in [0.2, 0.25) is 0 Å².